The Morgan fingerprint density at radius 2 is 1.91 bits per heavy atom. The number of halogens is 1. The van der Waals surface area contributed by atoms with Crippen molar-refractivity contribution in [3.63, 3.8) is 0 Å². The molecule has 0 radical (unpaired) electrons. The number of carbonyl (C=O) groups is 2. The van der Waals surface area contributed by atoms with Crippen LogP contribution in [0.15, 0.2) is 30.5 Å². The molecule has 3 aliphatic carbocycles. The van der Waals surface area contributed by atoms with Crippen LogP contribution < -0.4 is 15.8 Å². The molecular formula is C25H26ClN5O3S. The van der Waals surface area contributed by atoms with Crippen LogP contribution in [0.3, 0.4) is 0 Å². The molecule has 2 amide bonds. The third-order valence-corrected chi connectivity index (χ3v) is 8.85. The summed E-state index contributed by atoms with van der Waals surface area (Å²) in [5.74, 6) is 0.290. The SMILES string of the molecule is Cc1c(C(=O)N[C@H]2CC3(C2)C[C@H](Oc2nc(C4CC4)sc2C(N)=O)C3)cnn1-c1ccc(Cl)cc1. The highest BCUT2D eigenvalue weighted by Crippen LogP contribution is 2.57. The van der Waals surface area contributed by atoms with Crippen LogP contribution in [0.25, 0.3) is 5.69 Å². The van der Waals surface area contributed by atoms with Gasteiger partial charge < -0.3 is 15.8 Å². The summed E-state index contributed by atoms with van der Waals surface area (Å²) >= 11 is 7.35. The highest BCUT2D eigenvalue weighted by Gasteiger charge is 2.54. The van der Waals surface area contributed by atoms with E-state index in [0.717, 1.165) is 54.9 Å². The van der Waals surface area contributed by atoms with E-state index in [4.69, 9.17) is 22.1 Å². The van der Waals surface area contributed by atoms with Crippen LogP contribution in [0.4, 0.5) is 0 Å². The average Bonchev–Trinajstić information content (AvgIpc) is 3.42. The number of rotatable bonds is 7. The number of nitrogens with two attached hydrogens (primary N) is 1. The first-order valence-corrected chi connectivity index (χ1v) is 13.1. The van der Waals surface area contributed by atoms with Gasteiger partial charge in [0.2, 0.25) is 5.88 Å². The van der Waals surface area contributed by atoms with Gasteiger partial charge in [-0.05, 0) is 75.1 Å². The lowest BCUT2D eigenvalue weighted by atomic mass is 9.53. The van der Waals surface area contributed by atoms with Crippen molar-refractivity contribution in [1.82, 2.24) is 20.1 Å². The maximum atomic E-state index is 12.9. The molecule has 2 heterocycles. The minimum Gasteiger partial charge on any atom is -0.473 e. The normalized spacial score (nSPS) is 25.1. The Hall–Kier alpha value is -2.91. The molecule has 1 aromatic carbocycles. The molecule has 3 fully saturated rings. The predicted octanol–water partition coefficient (Wildman–Crippen LogP) is 4.39. The standard InChI is InChI=1S/C25H26ClN5O3S/c1-13-19(12-28-31(13)17-6-4-15(26)5-7-17)22(33)29-16-8-25(9-16)10-18(11-25)34-23-20(21(27)32)35-24(30-23)14-2-3-14/h4-7,12,14,16,18H,2-3,8-11H2,1H3,(H2,27,32)(H,29,33)/t16-,18-,25?. The zero-order valence-electron chi connectivity index (χ0n) is 19.3. The van der Waals surface area contributed by atoms with Crippen LogP contribution in [0.1, 0.15) is 75.2 Å². The number of hydrogen-bond acceptors (Lipinski definition) is 6. The van der Waals surface area contributed by atoms with Crippen LogP contribution in [0.5, 0.6) is 5.88 Å². The van der Waals surface area contributed by atoms with E-state index in [-0.39, 0.29) is 23.5 Å². The summed E-state index contributed by atoms with van der Waals surface area (Å²) in [6, 6.07) is 7.50. The first kappa shape index (κ1) is 22.5. The van der Waals surface area contributed by atoms with Crippen molar-refractivity contribution < 1.29 is 14.3 Å². The molecule has 3 aromatic rings. The Morgan fingerprint density at radius 1 is 1.20 bits per heavy atom. The molecular weight excluding hydrogens is 486 g/mol. The third kappa shape index (κ3) is 4.21. The molecule has 8 nitrogen and oxygen atoms in total. The summed E-state index contributed by atoms with van der Waals surface area (Å²) in [6.45, 7) is 1.89. The average molecular weight is 512 g/mol. The minimum atomic E-state index is -0.473. The number of nitrogens with one attached hydrogen (secondary N) is 1. The second-order valence-corrected chi connectivity index (χ2v) is 11.6. The molecule has 0 saturated heterocycles. The quantitative estimate of drug-likeness (QED) is 0.488. The summed E-state index contributed by atoms with van der Waals surface area (Å²) in [4.78, 5) is 29.7. The highest BCUT2D eigenvalue weighted by molar-refractivity contribution is 7.14. The van der Waals surface area contributed by atoms with Gasteiger partial charge in [0.25, 0.3) is 11.8 Å². The second kappa shape index (κ2) is 8.34. The third-order valence-electron chi connectivity index (χ3n) is 7.38. The van der Waals surface area contributed by atoms with Gasteiger partial charge in [-0.2, -0.15) is 5.10 Å². The van der Waals surface area contributed by atoms with E-state index in [2.05, 4.69) is 15.4 Å². The van der Waals surface area contributed by atoms with E-state index in [0.29, 0.717) is 27.3 Å². The minimum absolute atomic E-state index is 0.0405. The second-order valence-electron chi connectivity index (χ2n) is 10.1. The number of carbonyl (C=O) groups excluding carboxylic acids is 2. The van der Waals surface area contributed by atoms with Crippen molar-refractivity contribution in [3.8, 4) is 11.6 Å². The van der Waals surface area contributed by atoms with E-state index in [9.17, 15) is 9.59 Å². The van der Waals surface area contributed by atoms with Crippen molar-refractivity contribution in [3.05, 3.63) is 56.6 Å². The largest absolute Gasteiger partial charge is 0.473 e. The molecule has 3 saturated carbocycles. The number of primary amides is 1. The zero-order chi connectivity index (χ0) is 24.3. The summed E-state index contributed by atoms with van der Waals surface area (Å²) in [5.41, 5.74) is 7.96. The topological polar surface area (TPSA) is 112 Å². The van der Waals surface area contributed by atoms with Crippen LogP contribution >= 0.6 is 22.9 Å². The Bertz CT molecular complexity index is 1300. The first-order chi connectivity index (χ1) is 16.8. The van der Waals surface area contributed by atoms with Gasteiger partial charge in [-0.1, -0.05) is 11.6 Å². The molecule has 2 aromatic heterocycles. The number of amides is 2. The molecule has 10 heteroatoms. The Kier molecular flexibility index (Phi) is 5.37. The van der Waals surface area contributed by atoms with E-state index in [1.54, 1.807) is 23.0 Å². The van der Waals surface area contributed by atoms with Gasteiger partial charge in [0.15, 0.2) is 4.88 Å². The van der Waals surface area contributed by atoms with Crippen LogP contribution in [0, 0.1) is 12.3 Å². The number of thiazole rings is 1. The molecule has 0 atom stereocenters. The Balaban J connectivity index is 1.02. The lowest BCUT2D eigenvalue weighted by molar-refractivity contribution is -0.0846. The van der Waals surface area contributed by atoms with E-state index >= 15 is 0 Å². The van der Waals surface area contributed by atoms with E-state index in [1.165, 1.54) is 11.3 Å². The van der Waals surface area contributed by atoms with Crippen LogP contribution in [0.2, 0.25) is 5.02 Å². The fourth-order valence-electron chi connectivity index (χ4n) is 5.37. The van der Waals surface area contributed by atoms with E-state index < -0.39 is 5.91 Å². The molecule has 1 spiro atoms. The number of benzene rings is 1. The van der Waals surface area contributed by atoms with Crippen molar-refractivity contribution in [2.75, 3.05) is 0 Å². The van der Waals surface area contributed by atoms with Gasteiger partial charge in [0.1, 0.15) is 11.1 Å². The lowest BCUT2D eigenvalue weighted by Crippen LogP contribution is -2.58. The maximum absolute atomic E-state index is 12.9. The lowest BCUT2D eigenvalue weighted by Gasteiger charge is -2.57. The summed E-state index contributed by atoms with van der Waals surface area (Å²) in [7, 11) is 0. The molecule has 0 unspecified atom stereocenters. The van der Waals surface area contributed by atoms with Crippen LogP contribution in [-0.2, 0) is 0 Å². The van der Waals surface area contributed by atoms with Crippen molar-refractivity contribution in [2.45, 2.75) is 63.5 Å². The molecule has 35 heavy (non-hydrogen) atoms. The molecule has 6 rings (SSSR count). The Labute approximate surface area is 211 Å². The first-order valence-electron chi connectivity index (χ1n) is 11.9. The zero-order valence-corrected chi connectivity index (χ0v) is 20.9. The van der Waals surface area contributed by atoms with Crippen molar-refractivity contribution >= 4 is 34.8 Å². The highest BCUT2D eigenvalue weighted by atomic mass is 35.5. The monoisotopic (exact) mass is 511 g/mol. The number of nitrogens with zero attached hydrogens (tertiary/aromatic N) is 3. The van der Waals surface area contributed by atoms with Gasteiger partial charge in [-0.3, -0.25) is 9.59 Å². The summed E-state index contributed by atoms with van der Waals surface area (Å²) in [6.07, 6.45) is 7.55. The predicted molar refractivity (Wildman–Crippen MR) is 132 cm³/mol. The van der Waals surface area contributed by atoms with Gasteiger partial charge in [0, 0.05) is 17.0 Å². The van der Waals surface area contributed by atoms with Crippen LogP contribution in [-0.4, -0.2) is 38.7 Å². The molecule has 0 bridgehead atoms. The fraction of sp³-hybridized carbons (Fsp3) is 0.440. The van der Waals surface area contributed by atoms with Gasteiger partial charge in [0.05, 0.1) is 23.1 Å². The molecule has 182 valence electrons. The smallest absolute Gasteiger partial charge is 0.264 e. The van der Waals surface area contributed by atoms with Crippen molar-refractivity contribution in [1.29, 1.82) is 0 Å². The number of aromatic nitrogens is 3. The molecule has 3 N–H and O–H groups in total. The van der Waals surface area contributed by atoms with Gasteiger partial charge in [-0.25, -0.2) is 9.67 Å². The summed E-state index contributed by atoms with van der Waals surface area (Å²) < 4.78 is 7.82. The number of hydrogen-bond donors (Lipinski definition) is 2. The Morgan fingerprint density at radius 3 is 2.57 bits per heavy atom. The molecule has 0 aliphatic heterocycles. The molecule has 3 aliphatic rings. The number of ether oxygens (including phenoxy) is 1. The maximum Gasteiger partial charge on any atom is 0.264 e. The fourth-order valence-corrected chi connectivity index (χ4v) is 6.52. The summed E-state index contributed by atoms with van der Waals surface area (Å²) in [5, 5.41) is 9.16. The van der Waals surface area contributed by atoms with Gasteiger partial charge in [-0.15, -0.1) is 11.3 Å². The van der Waals surface area contributed by atoms with E-state index in [1.807, 2.05) is 19.1 Å². The van der Waals surface area contributed by atoms with Gasteiger partial charge >= 0.3 is 0 Å². The van der Waals surface area contributed by atoms with Crippen molar-refractivity contribution in [2.24, 2.45) is 11.1 Å².